The highest BCUT2D eigenvalue weighted by molar-refractivity contribution is 7.86. The summed E-state index contributed by atoms with van der Waals surface area (Å²) < 4.78 is 27.6. The Balaban J connectivity index is 0.00000144. The van der Waals surface area contributed by atoms with Gasteiger partial charge in [-0.05, 0) is 25.2 Å². The van der Waals surface area contributed by atoms with Gasteiger partial charge in [0.1, 0.15) is 0 Å². The summed E-state index contributed by atoms with van der Waals surface area (Å²) in [6.45, 7) is 4.56. The fourth-order valence-electron chi connectivity index (χ4n) is 2.34. The maximum Gasteiger partial charge on any atom is 0.282 e. The van der Waals surface area contributed by atoms with Crippen LogP contribution in [-0.4, -0.2) is 49.2 Å². The molecule has 0 amide bonds. The summed E-state index contributed by atoms with van der Waals surface area (Å²) in [6.07, 6.45) is 2.72. The maximum atomic E-state index is 12.2. The van der Waals surface area contributed by atoms with E-state index in [1.165, 1.54) is 4.31 Å². The molecule has 0 aromatic rings. The lowest BCUT2D eigenvalue weighted by molar-refractivity contribution is 0.270. The molecule has 2 fully saturated rings. The molecule has 2 N–H and O–H groups in total. The average molecular weight is 284 g/mol. The molecule has 0 bridgehead atoms. The minimum Gasteiger partial charge on any atom is -0.326 e. The second-order valence-electron chi connectivity index (χ2n) is 5.00. The van der Waals surface area contributed by atoms with Crippen LogP contribution in [-0.2, 0) is 10.2 Å². The lowest BCUT2D eigenvalue weighted by Gasteiger charge is -2.32. The fraction of sp³-hybridized carbons (Fsp3) is 1.00. The van der Waals surface area contributed by atoms with Crippen molar-refractivity contribution in [2.24, 2.45) is 11.7 Å². The molecule has 7 heteroatoms. The van der Waals surface area contributed by atoms with Gasteiger partial charge < -0.3 is 5.73 Å². The van der Waals surface area contributed by atoms with Crippen LogP contribution in [0.3, 0.4) is 0 Å². The zero-order valence-corrected chi connectivity index (χ0v) is 11.8. The van der Waals surface area contributed by atoms with E-state index in [0.29, 0.717) is 32.1 Å². The van der Waals surface area contributed by atoms with Crippen molar-refractivity contribution in [3.05, 3.63) is 0 Å². The lowest BCUT2D eigenvalue weighted by atomic mass is 10.0. The summed E-state index contributed by atoms with van der Waals surface area (Å²) in [7, 11) is -3.23. The summed E-state index contributed by atoms with van der Waals surface area (Å²) in [5, 5.41) is 0. The smallest absolute Gasteiger partial charge is 0.282 e. The van der Waals surface area contributed by atoms with E-state index in [1.807, 2.05) is 0 Å². The van der Waals surface area contributed by atoms with E-state index in [-0.39, 0.29) is 18.4 Å². The zero-order chi connectivity index (χ0) is 11.8. The van der Waals surface area contributed by atoms with Gasteiger partial charge in [0.15, 0.2) is 0 Å². The second kappa shape index (κ2) is 5.84. The molecule has 5 nitrogen and oxygen atoms in total. The minimum atomic E-state index is -3.23. The van der Waals surface area contributed by atoms with Gasteiger partial charge >= 0.3 is 0 Å². The lowest BCUT2D eigenvalue weighted by Crippen LogP contribution is -2.46. The predicted molar refractivity (Wildman–Crippen MR) is 70.3 cm³/mol. The van der Waals surface area contributed by atoms with E-state index in [1.54, 1.807) is 4.31 Å². The molecular weight excluding hydrogens is 262 g/mol. The Morgan fingerprint density at radius 1 is 1.06 bits per heavy atom. The zero-order valence-electron chi connectivity index (χ0n) is 10.2. The number of nitrogens with two attached hydrogens (primary N) is 1. The largest absolute Gasteiger partial charge is 0.326 e. The van der Waals surface area contributed by atoms with Crippen LogP contribution < -0.4 is 5.73 Å². The van der Waals surface area contributed by atoms with Crippen LogP contribution in [0.5, 0.6) is 0 Å². The topological polar surface area (TPSA) is 66.6 Å². The third-order valence-electron chi connectivity index (χ3n) is 3.58. The molecule has 0 spiro atoms. The second-order valence-corrected chi connectivity index (χ2v) is 6.92. The van der Waals surface area contributed by atoms with Gasteiger partial charge in [-0.15, -0.1) is 12.4 Å². The first kappa shape index (κ1) is 15.2. The summed E-state index contributed by atoms with van der Waals surface area (Å²) >= 11 is 0. The highest BCUT2D eigenvalue weighted by Crippen LogP contribution is 2.22. The SMILES string of the molecule is CC1CCN(S(=O)(=O)N2CCC(N)C2)CC1.Cl. The number of hydrogen-bond acceptors (Lipinski definition) is 3. The van der Waals surface area contributed by atoms with Crippen molar-refractivity contribution in [2.45, 2.75) is 32.2 Å². The summed E-state index contributed by atoms with van der Waals surface area (Å²) in [4.78, 5) is 0. The van der Waals surface area contributed by atoms with E-state index in [9.17, 15) is 8.42 Å². The van der Waals surface area contributed by atoms with Gasteiger partial charge in [-0.2, -0.15) is 17.0 Å². The quantitative estimate of drug-likeness (QED) is 0.799. The van der Waals surface area contributed by atoms with Crippen LogP contribution in [0, 0.1) is 5.92 Å². The monoisotopic (exact) mass is 283 g/mol. The van der Waals surface area contributed by atoms with E-state index < -0.39 is 10.2 Å². The van der Waals surface area contributed by atoms with Crippen molar-refractivity contribution < 1.29 is 8.42 Å². The molecule has 2 rings (SSSR count). The van der Waals surface area contributed by atoms with Crippen LogP contribution in [0.15, 0.2) is 0 Å². The van der Waals surface area contributed by atoms with Gasteiger partial charge in [-0.1, -0.05) is 6.92 Å². The van der Waals surface area contributed by atoms with Crippen LogP contribution >= 0.6 is 12.4 Å². The molecule has 0 aliphatic carbocycles. The third-order valence-corrected chi connectivity index (χ3v) is 5.58. The predicted octanol–water partition coefficient (Wildman–Crippen LogP) is 0.418. The Hall–Kier alpha value is 0.120. The molecule has 2 saturated heterocycles. The molecule has 0 aromatic heterocycles. The number of piperidine rings is 1. The summed E-state index contributed by atoms with van der Waals surface area (Å²) in [5.74, 6) is 0.646. The van der Waals surface area contributed by atoms with Gasteiger partial charge in [-0.25, -0.2) is 0 Å². The van der Waals surface area contributed by atoms with Crippen molar-refractivity contribution in [1.82, 2.24) is 8.61 Å². The van der Waals surface area contributed by atoms with Crippen molar-refractivity contribution in [3.8, 4) is 0 Å². The van der Waals surface area contributed by atoms with Crippen LogP contribution in [0.2, 0.25) is 0 Å². The number of rotatable bonds is 2. The van der Waals surface area contributed by atoms with E-state index in [4.69, 9.17) is 5.73 Å². The molecule has 2 heterocycles. The normalized spacial score (nSPS) is 29.2. The van der Waals surface area contributed by atoms with E-state index >= 15 is 0 Å². The van der Waals surface area contributed by atoms with Crippen molar-refractivity contribution in [2.75, 3.05) is 26.2 Å². The van der Waals surface area contributed by atoms with Crippen molar-refractivity contribution >= 4 is 22.6 Å². The number of halogens is 1. The first-order valence-corrected chi connectivity index (χ1v) is 7.40. The first-order valence-electron chi connectivity index (χ1n) is 6.01. The minimum absolute atomic E-state index is 0. The molecule has 0 radical (unpaired) electrons. The molecule has 0 aromatic carbocycles. The molecule has 2 aliphatic rings. The molecule has 1 unspecified atom stereocenters. The molecule has 1 atom stereocenters. The summed E-state index contributed by atoms with van der Waals surface area (Å²) in [5.41, 5.74) is 5.75. The van der Waals surface area contributed by atoms with Crippen LogP contribution in [0.4, 0.5) is 0 Å². The van der Waals surface area contributed by atoms with Crippen LogP contribution in [0.25, 0.3) is 0 Å². The molecule has 102 valence electrons. The first-order chi connectivity index (χ1) is 7.50. The van der Waals surface area contributed by atoms with Gasteiger partial charge in [0.05, 0.1) is 0 Å². The average Bonchev–Trinajstić information content (AvgIpc) is 2.66. The molecular formula is C10H22ClN3O2S. The van der Waals surface area contributed by atoms with Gasteiger partial charge in [0, 0.05) is 32.2 Å². The highest BCUT2D eigenvalue weighted by atomic mass is 35.5. The highest BCUT2D eigenvalue weighted by Gasteiger charge is 2.35. The standard InChI is InChI=1S/C10H21N3O2S.ClH/c1-9-2-5-12(6-3-9)16(14,15)13-7-4-10(11)8-13;/h9-10H,2-8,11H2,1H3;1H. The Bertz CT molecular complexity index is 341. The fourth-order valence-corrected chi connectivity index (χ4v) is 4.06. The Morgan fingerprint density at radius 3 is 2.06 bits per heavy atom. The molecule has 0 saturated carbocycles. The van der Waals surface area contributed by atoms with E-state index in [2.05, 4.69) is 6.92 Å². The maximum absolute atomic E-state index is 12.2. The van der Waals surface area contributed by atoms with Crippen LogP contribution in [0.1, 0.15) is 26.2 Å². The molecule has 17 heavy (non-hydrogen) atoms. The Kier molecular flexibility index (Phi) is 5.21. The van der Waals surface area contributed by atoms with Gasteiger partial charge in [-0.3, -0.25) is 0 Å². The Labute approximate surface area is 110 Å². The third kappa shape index (κ3) is 3.32. The van der Waals surface area contributed by atoms with Gasteiger partial charge in [0.2, 0.25) is 0 Å². The van der Waals surface area contributed by atoms with Crippen molar-refractivity contribution in [3.63, 3.8) is 0 Å². The van der Waals surface area contributed by atoms with E-state index in [0.717, 1.165) is 19.3 Å². The number of nitrogens with zero attached hydrogens (tertiary/aromatic N) is 2. The molecule has 2 aliphatic heterocycles. The summed E-state index contributed by atoms with van der Waals surface area (Å²) in [6, 6.07) is 0.0125. The Morgan fingerprint density at radius 2 is 1.59 bits per heavy atom. The van der Waals surface area contributed by atoms with Gasteiger partial charge in [0.25, 0.3) is 10.2 Å². The van der Waals surface area contributed by atoms with Crippen molar-refractivity contribution in [1.29, 1.82) is 0 Å². The number of hydrogen-bond donors (Lipinski definition) is 1.